The van der Waals surface area contributed by atoms with E-state index < -0.39 is 0 Å². The Hall–Kier alpha value is 0.970. The SMILES string of the molecule is CN(C(S)CO)C(S)CS. The van der Waals surface area contributed by atoms with Gasteiger partial charge in [0, 0.05) is 5.75 Å². The van der Waals surface area contributed by atoms with Gasteiger partial charge in [0.05, 0.1) is 17.4 Å². The lowest BCUT2D eigenvalue weighted by Gasteiger charge is -2.26. The highest BCUT2D eigenvalue weighted by molar-refractivity contribution is 7.84. The van der Waals surface area contributed by atoms with Gasteiger partial charge < -0.3 is 5.11 Å². The predicted molar refractivity (Wildman–Crippen MR) is 54.2 cm³/mol. The fourth-order valence-electron chi connectivity index (χ4n) is 0.456. The Morgan fingerprint density at radius 2 is 1.90 bits per heavy atom. The Kier molecular flexibility index (Phi) is 6.14. The second-order valence-corrected chi connectivity index (χ2v) is 3.55. The second-order valence-electron chi connectivity index (χ2n) is 1.99. The van der Waals surface area contributed by atoms with Gasteiger partial charge in [0.25, 0.3) is 0 Å². The molecule has 0 spiro atoms. The molecule has 0 aromatic rings. The Morgan fingerprint density at radius 1 is 1.40 bits per heavy atom. The summed E-state index contributed by atoms with van der Waals surface area (Å²) >= 11 is 12.4. The highest BCUT2D eigenvalue weighted by atomic mass is 32.1. The zero-order chi connectivity index (χ0) is 8.15. The van der Waals surface area contributed by atoms with E-state index in [1.165, 1.54) is 0 Å². The monoisotopic (exact) mass is 199 g/mol. The van der Waals surface area contributed by atoms with Crippen LogP contribution in [0, 0.1) is 0 Å². The first kappa shape index (κ1) is 11.0. The number of likely N-dealkylation sites (N-methyl/N-ethyl adjacent to an activating group) is 1. The van der Waals surface area contributed by atoms with E-state index in [1.807, 2.05) is 11.9 Å². The highest BCUT2D eigenvalue weighted by Crippen LogP contribution is 2.09. The minimum Gasteiger partial charge on any atom is -0.394 e. The molecule has 0 radical (unpaired) electrons. The molecule has 0 aromatic carbocycles. The molecular weight excluding hydrogens is 186 g/mol. The maximum atomic E-state index is 8.67. The summed E-state index contributed by atoms with van der Waals surface area (Å²) in [6.07, 6.45) is 0. The number of aliphatic hydroxyl groups is 1. The molecule has 5 heteroatoms. The molecular formula is C5H13NOS3. The van der Waals surface area contributed by atoms with Gasteiger partial charge in [-0.1, -0.05) is 0 Å². The quantitative estimate of drug-likeness (QED) is 0.388. The van der Waals surface area contributed by atoms with Crippen LogP contribution < -0.4 is 0 Å². The lowest BCUT2D eigenvalue weighted by molar-refractivity contribution is 0.200. The molecule has 2 unspecified atom stereocenters. The van der Waals surface area contributed by atoms with Crippen molar-refractivity contribution in [2.24, 2.45) is 0 Å². The van der Waals surface area contributed by atoms with Crippen LogP contribution in [0.3, 0.4) is 0 Å². The van der Waals surface area contributed by atoms with E-state index in [9.17, 15) is 0 Å². The maximum Gasteiger partial charge on any atom is 0.0768 e. The first-order valence-electron chi connectivity index (χ1n) is 2.93. The number of nitrogens with zero attached hydrogens (tertiary/aromatic N) is 1. The molecule has 2 nitrogen and oxygen atoms in total. The molecule has 0 fully saturated rings. The van der Waals surface area contributed by atoms with E-state index in [1.54, 1.807) is 0 Å². The van der Waals surface area contributed by atoms with Crippen molar-refractivity contribution in [1.29, 1.82) is 0 Å². The summed E-state index contributed by atoms with van der Waals surface area (Å²) in [5.41, 5.74) is 0. The van der Waals surface area contributed by atoms with Crippen LogP contribution in [0.5, 0.6) is 0 Å². The highest BCUT2D eigenvalue weighted by Gasteiger charge is 2.14. The molecule has 0 saturated heterocycles. The normalized spacial score (nSPS) is 17.4. The molecule has 2 atom stereocenters. The maximum absolute atomic E-state index is 8.67. The molecule has 0 amide bonds. The molecule has 1 N–H and O–H groups in total. The van der Waals surface area contributed by atoms with Crippen LogP contribution in [0.15, 0.2) is 0 Å². The molecule has 62 valence electrons. The third-order valence-electron chi connectivity index (χ3n) is 1.27. The van der Waals surface area contributed by atoms with Gasteiger partial charge in [-0.2, -0.15) is 37.9 Å². The summed E-state index contributed by atoms with van der Waals surface area (Å²) in [7, 11) is 1.85. The van der Waals surface area contributed by atoms with Gasteiger partial charge in [-0.25, -0.2) is 0 Å². The van der Waals surface area contributed by atoms with E-state index in [-0.39, 0.29) is 17.4 Å². The minimum absolute atomic E-state index is 0.0322. The number of aliphatic hydroxyl groups excluding tert-OH is 1. The molecule has 0 aliphatic carbocycles. The number of hydrogen-bond donors (Lipinski definition) is 4. The standard InChI is InChI=1S/C5H13NOS3/c1-6(4(9)2-7)5(10)3-8/h4-5,7-10H,2-3H2,1H3. The van der Waals surface area contributed by atoms with Crippen LogP contribution >= 0.6 is 37.9 Å². The van der Waals surface area contributed by atoms with Gasteiger partial charge in [-0.15, -0.1) is 0 Å². The Labute approximate surface area is 78.2 Å². The molecule has 0 aromatic heterocycles. The molecule has 10 heavy (non-hydrogen) atoms. The lowest BCUT2D eigenvalue weighted by atomic mass is 10.5. The molecule has 0 aliphatic rings. The molecule has 0 heterocycles. The summed E-state index contributed by atoms with van der Waals surface area (Å²) in [6, 6.07) is 0. The van der Waals surface area contributed by atoms with Crippen LogP contribution in [0.1, 0.15) is 0 Å². The van der Waals surface area contributed by atoms with Gasteiger partial charge >= 0.3 is 0 Å². The average Bonchev–Trinajstić information content (AvgIpc) is 2.00. The van der Waals surface area contributed by atoms with Crippen LogP contribution in [-0.4, -0.2) is 40.2 Å². The molecule has 0 rings (SSSR count). The molecule has 0 bridgehead atoms. The van der Waals surface area contributed by atoms with Crippen molar-refractivity contribution < 1.29 is 5.11 Å². The number of hydrogen-bond acceptors (Lipinski definition) is 5. The van der Waals surface area contributed by atoms with Crippen molar-refractivity contribution >= 4 is 37.9 Å². The lowest BCUT2D eigenvalue weighted by Crippen LogP contribution is -2.37. The van der Waals surface area contributed by atoms with Gasteiger partial charge in [-0.05, 0) is 7.05 Å². The fraction of sp³-hybridized carbons (Fsp3) is 1.00. The average molecular weight is 199 g/mol. The first-order chi connectivity index (χ1) is 4.63. The van der Waals surface area contributed by atoms with E-state index in [0.29, 0.717) is 5.75 Å². The second kappa shape index (κ2) is 5.60. The van der Waals surface area contributed by atoms with Crippen molar-refractivity contribution in [3.05, 3.63) is 0 Å². The van der Waals surface area contributed by atoms with Gasteiger partial charge in [0.1, 0.15) is 0 Å². The Bertz CT molecular complexity index is 83.0. The fourth-order valence-corrected chi connectivity index (χ4v) is 1.14. The van der Waals surface area contributed by atoms with Crippen LogP contribution in [0.2, 0.25) is 0 Å². The summed E-state index contributed by atoms with van der Waals surface area (Å²) in [5, 5.41) is 8.58. The predicted octanol–water partition coefficient (Wildman–Crippen LogP) is 0.352. The van der Waals surface area contributed by atoms with Gasteiger partial charge in [-0.3, -0.25) is 4.90 Å². The van der Waals surface area contributed by atoms with Crippen molar-refractivity contribution in [2.75, 3.05) is 19.4 Å². The molecule has 0 saturated carbocycles. The van der Waals surface area contributed by atoms with Crippen molar-refractivity contribution in [1.82, 2.24) is 4.90 Å². The van der Waals surface area contributed by atoms with Gasteiger partial charge in [0.2, 0.25) is 0 Å². The number of thiol groups is 3. The zero-order valence-electron chi connectivity index (χ0n) is 5.80. The van der Waals surface area contributed by atoms with E-state index in [4.69, 9.17) is 5.11 Å². The first-order valence-corrected chi connectivity index (χ1v) is 4.59. The van der Waals surface area contributed by atoms with E-state index in [2.05, 4.69) is 37.9 Å². The summed E-state index contributed by atoms with van der Waals surface area (Å²) in [4.78, 5) is 1.85. The molecule has 0 aliphatic heterocycles. The minimum atomic E-state index is -0.144. The van der Waals surface area contributed by atoms with Crippen LogP contribution in [0.4, 0.5) is 0 Å². The summed E-state index contributed by atoms with van der Waals surface area (Å²) in [6.45, 7) is 0.0322. The van der Waals surface area contributed by atoms with E-state index >= 15 is 0 Å². The summed E-state index contributed by atoms with van der Waals surface area (Å²) in [5.74, 6) is 0.649. The Morgan fingerprint density at radius 3 is 2.20 bits per heavy atom. The number of rotatable bonds is 4. The largest absolute Gasteiger partial charge is 0.394 e. The van der Waals surface area contributed by atoms with Crippen molar-refractivity contribution in [3.63, 3.8) is 0 Å². The smallest absolute Gasteiger partial charge is 0.0768 e. The third kappa shape index (κ3) is 3.39. The zero-order valence-corrected chi connectivity index (χ0v) is 8.49. The van der Waals surface area contributed by atoms with Crippen molar-refractivity contribution in [2.45, 2.75) is 10.7 Å². The topological polar surface area (TPSA) is 23.5 Å². The Balaban J connectivity index is 3.69. The third-order valence-corrected chi connectivity index (χ3v) is 2.98. The van der Waals surface area contributed by atoms with Crippen LogP contribution in [-0.2, 0) is 0 Å². The van der Waals surface area contributed by atoms with Gasteiger partial charge in [0.15, 0.2) is 0 Å². The van der Waals surface area contributed by atoms with E-state index in [0.717, 1.165) is 0 Å². The summed E-state index contributed by atoms with van der Waals surface area (Å²) < 4.78 is 0. The van der Waals surface area contributed by atoms with Crippen molar-refractivity contribution in [3.8, 4) is 0 Å². The van der Waals surface area contributed by atoms with Crippen LogP contribution in [0.25, 0.3) is 0 Å².